The average Bonchev–Trinajstić information content (AvgIpc) is 3.24. The zero-order valence-corrected chi connectivity index (χ0v) is 16.8. The van der Waals surface area contributed by atoms with Crippen LogP contribution in [0.15, 0.2) is 75.4 Å². The minimum absolute atomic E-state index is 0.177. The number of carbonyl (C=O) groups excluding carboxylic acids is 1. The van der Waals surface area contributed by atoms with Gasteiger partial charge in [0.25, 0.3) is 15.9 Å². The molecule has 2 aromatic carbocycles. The van der Waals surface area contributed by atoms with Crippen molar-refractivity contribution >= 4 is 39.2 Å². The molecule has 0 fully saturated rings. The molecule has 0 aliphatic rings. The van der Waals surface area contributed by atoms with Crippen LogP contribution in [0.2, 0.25) is 0 Å². The molecule has 0 saturated heterocycles. The van der Waals surface area contributed by atoms with E-state index in [0.717, 1.165) is 23.3 Å². The number of sulfonamides is 1. The summed E-state index contributed by atoms with van der Waals surface area (Å²) in [6.07, 6.45) is 2.49. The molecule has 6 nitrogen and oxygen atoms in total. The number of hydrazone groups is 1. The van der Waals surface area contributed by atoms with E-state index in [1.165, 1.54) is 30.0 Å². The van der Waals surface area contributed by atoms with Gasteiger partial charge in [-0.2, -0.15) is 5.10 Å². The number of rotatable bonds is 7. The molecule has 3 rings (SSSR count). The predicted octanol–water partition coefficient (Wildman–Crippen LogP) is 3.88. The van der Waals surface area contributed by atoms with Gasteiger partial charge in [-0.05, 0) is 41.1 Å². The number of amides is 1. The summed E-state index contributed by atoms with van der Waals surface area (Å²) in [5.41, 5.74) is 4.87. The number of carbonyl (C=O) groups is 1. The standard InChI is InChI=1S/C20H19N3O3S2/c1-2-15-9-11-16(12-10-15)14-21-22-20(24)17-6-3-4-7-18(17)23-28(25,26)19-8-5-13-27-19/h3-14,23H,2H2,1H3,(H,22,24). The Balaban J connectivity index is 1.72. The van der Waals surface area contributed by atoms with E-state index in [-0.39, 0.29) is 15.5 Å². The van der Waals surface area contributed by atoms with Crippen LogP contribution >= 0.6 is 11.3 Å². The molecule has 0 aliphatic heterocycles. The fourth-order valence-electron chi connectivity index (χ4n) is 2.45. The minimum atomic E-state index is -3.75. The molecule has 0 spiro atoms. The summed E-state index contributed by atoms with van der Waals surface area (Å²) in [4.78, 5) is 12.5. The molecule has 0 bridgehead atoms. The van der Waals surface area contributed by atoms with Crippen molar-refractivity contribution < 1.29 is 13.2 Å². The first-order valence-electron chi connectivity index (χ1n) is 8.57. The second-order valence-electron chi connectivity index (χ2n) is 5.88. The largest absolute Gasteiger partial charge is 0.278 e. The molecule has 0 atom stereocenters. The van der Waals surface area contributed by atoms with Crippen molar-refractivity contribution in [3.63, 3.8) is 0 Å². The lowest BCUT2D eigenvalue weighted by Crippen LogP contribution is -2.21. The molecule has 28 heavy (non-hydrogen) atoms. The van der Waals surface area contributed by atoms with E-state index in [1.807, 2.05) is 24.3 Å². The van der Waals surface area contributed by atoms with Crippen molar-refractivity contribution in [2.75, 3.05) is 4.72 Å². The number of thiophene rings is 1. The second kappa shape index (κ2) is 8.81. The number of hydrogen-bond donors (Lipinski definition) is 2. The zero-order valence-electron chi connectivity index (χ0n) is 15.1. The third-order valence-corrected chi connectivity index (χ3v) is 6.71. The molecular formula is C20H19N3O3S2. The minimum Gasteiger partial charge on any atom is -0.278 e. The van der Waals surface area contributed by atoms with Gasteiger partial charge in [0, 0.05) is 0 Å². The van der Waals surface area contributed by atoms with Crippen molar-refractivity contribution in [3.8, 4) is 0 Å². The first-order chi connectivity index (χ1) is 13.5. The molecule has 1 aromatic heterocycles. The highest BCUT2D eigenvalue weighted by Gasteiger charge is 2.19. The Morgan fingerprint density at radius 3 is 2.50 bits per heavy atom. The van der Waals surface area contributed by atoms with Crippen LogP contribution in [0.5, 0.6) is 0 Å². The summed E-state index contributed by atoms with van der Waals surface area (Å²) in [5, 5.41) is 5.64. The summed E-state index contributed by atoms with van der Waals surface area (Å²) in [5.74, 6) is -0.508. The number of hydrogen-bond acceptors (Lipinski definition) is 5. The highest BCUT2D eigenvalue weighted by atomic mass is 32.2. The number of aryl methyl sites for hydroxylation is 1. The van der Waals surface area contributed by atoms with Crippen LogP contribution in [0.4, 0.5) is 5.69 Å². The van der Waals surface area contributed by atoms with E-state index in [1.54, 1.807) is 23.6 Å². The first kappa shape index (κ1) is 19.8. The Morgan fingerprint density at radius 1 is 1.07 bits per heavy atom. The van der Waals surface area contributed by atoms with Crippen molar-refractivity contribution in [1.82, 2.24) is 5.43 Å². The monoisotopic (exact) mass is 413 g/mol. The fourth-order valence-corrected chi connectivity index (χ4v) is 4.52. The summed E-state index contributed by atoms with van der Waals surface area (Å²) < 4.78 is 27.5. The molecule has 2 N–H and O–H groups in total. The Labute approximate surface area is 168 Å². The third kappa shape index (κ3) is 4.85. The van der Waals surface area contributed by atoms with Crippen LogP contribution in [0.25, 0.3) is 0 Å². The normalized spacial score (nSPS) is 11.5. The predicted molar refractivity (Wildman–Crippen MR) is 112 cm³/mol. The van der Waals surface area contributed by atoms with Gasteiger partial charge in [0.1, 0.15) is 4.21 Å². The number of nitrogens with zero attached hydrogens (tertiary/aromatic N) is 1. The van der Waals surface area contributed by atoms with Crippen LogP contribution in [0.3, 0.4) is 0 Å². The van der Waals surface area contributed by atoms with Gasteiger partial charge in [0.2, 0.25) is 0 Å². The van der Waals surface area contributed by atoms with E-state index < -0.39 is 15.9 Å². The van der Waals surface area contributed by atoms with Gasteiger partial charge in [0.05, 0.1) is 17.5 Å². The van der Waals surface area contributed by atoms with Gasteiger partial charge in [-0.25, -0.2) is 13.8 Å². The lowest BCUT2D eigenvalue weighted by molar-refractivity contribution is 0.0956. The quantitative estimate of drug-likeness (QED) is 0.455. The van der Waals surface area contributed by atoms with Gasteiger partial charge in [-0.15, -0.1) is 11.3 Å². The number of para-hydroxylation sites is 1. The Hall–Kier alpha value is -2.97. The number of benzene rings is 2. The van der Waals surface area contributed by atoms with Crippen molar-refractivity contribution in [1.29, 1.82) is 0 Å². The van der Waals surface area contributed by atoms with Gasteiger partial charge >= 0.3 is 0 Å². The van der Waals surface area contributed by atoms with Crippen LogP contribution in [0, 0.1) is 0 Å². The van der Waals surface area contributed by atoms with E-state index in [4.69, 9.17) is 0 Å². The molecule has 1 amide bonds. The van der Waals surface area contributed by atoms with Crippen LogP contribution < -0.4 is 10.1 Å². The summed E-state index contributed by atoms with van der Waals surface area (Å²) in [6.45, 7) is 2.08. The lowest BCUT2D eigenvalue weighted by Gasteiger charge is -2.10. The van der Waals surface area contributed by atoms with E-state index >= 15 is 0 Å². The van der Waals surface area contributed by atoms with Crippen molar-refractivity contribution in [3.05, 3.63) is 82.7 Å². The average molecular weight is 414 g/mol. The molecule has 144 valence electrons. The second-order valence-corrected chi connectivity index (χ2v) is 8.73. The van der Waals surface area contributed by atoms with Crippen LogP contribution in [0.1, 0.15) is 28.4 Å². The fraction of sp³-hybridized carbons (Fsp3) is 0.100. The molecule has 0 aliphatic carbocycles. The third-order valence-electron chi connectivity index (χ3n) is 3.94. The molecule has 0 saturated carbocycles. The zero-order chi connectivity index (χ0) is 20.0. The molecule has 1 heterocycles. The smallest absolute Gasteiger partial charge is 0.273 e. The molecule has 3 aromatic rings. The van der Waals surface area contributed by atoms with Gasteiger partial charge in [-0.3, -0.25) is 9.52 Å². The van der Waals surface area contributed by atoms with Gasteiger partial charge in [0.15, 0.2) is 0 Å². The highest BCUT2D eigenvalue weighted by molar-refractivity contribution is 7.94. The number of nitrogens with one attached hydrogen (secondary N) is 2. The van der Waals surface area contributed by atoms with E-state index in [0.29, 0.717) is 0 Å². The van der Waals surface area contributed by atoms with Gasteiger partial charge < -0.3 is 0 Å². The molecule has 8 heteroatoms. The topological polar surface area (TPSA) is 87.6 Å². The molecule has 0 unspecified atom stereocenters. The van der Waals surface area contributed by atoms with Gasteiger partial charge in [-0.1, -0.05) is 49.4 Å². The summed E-state index contributed by atoms with van der Waals surface area (Å²) >= 11 is 1.10. The lowest BCUT2D eigenvalue weighted by atomic mass is 10.1. The Morgan fingerprint density at radius 2 is 1.82 bits per heavy atom. The van der Waals surface area contributed by atoms with E-state index in [2.05, 4.69) is 22.2 Å². The Kier molecular flexibility index (Phi) is 6.23. The maximum absolute atomic E-state index is 12.5. The van der Waals surface area contributed by atoms with Crippen molar-refractivity contribution in [2.24, 2.45) is 5.10 Å². The molecule has 0 radical (unpaired) electrons. The van der Waals surface area contributed by atoms with E-state index in [9.17, 15) is 13.2 Å². The molecular weight excluding hydrogens is 394 g/mol. The highest BCUT2D eigenvalue weighted by Crippen LogP contribution is 2.22. The summed E-state index contributed by atoms with van der Waals surface area (Å²) in [7, 11) is -3.75. The first-order valence-corrected chi connectivity index (χ1v) is 10.9. The SMILES string of the molecule is CCc1ccc(C=NNC(=O)c2ccccc2NS(=O)(=O)c2cccs2)cc1. The maximum Gasteiger partial charge on any atom is 0.273 e. The van der Waals surface area contributed by atoms with Crippen molar-refractivity contribution in [2.45, 2.75) is 17.6 Å². The Bertz CT molecular complexity index is 1070. The summed E-state index contributed by atoms with van der Waals surface area (Å²) in [6, 6.07) is 17.4. The van der Waals surface area contributed by atoms with Crippen LogP contribution in [-0.4, -0.2) is 20.5 Å². The number of anilines is 1. The van der Waals surface area contributed by atoms with Crippen LogP contribution in [-0.2, 0) is 16.4 Å². The maximum atomic E-state index is 12.5.